The maximum Gasteiger partial charge on any atom is 0.435 e. The van der Waals surface area contributed by atoms with E-state index in [1.165, 1.54) is 18.5 Å². The summed E-state index contributed by atoms with van der Waals surface area (Å²) < 4.78 is 98.7. The van der Waals surface area contributed by atoms with Crippen LogP contribution in [0.5, 0.6) is 0 Å². The van der Waals surface area contributed by atoms with Crippen LogP contribution < -0.4 is 0 Å². The van der Waals surface area contributed by atoms with Crippen molar-refractivity contribution in [1.29, 1.82) is 5.26 Å². The lowest BCUT2D eigenvalue weighted by Gasteiger charge is -2.30. The molecule has 0 amide bonds. The van der Waals surface area contributed by atoms with Crippen molar-refractivity contribution in [3.63, 3.8) is 0 Å². The highest BCUT2D eigenvalue weighted by molar-refractivity contribution is 7.16. The number of benzene rings is 1. The lowest BCUT2D eigenvalue weighted by molar-refractivity contribution is -0.348. The number of esters is 1. The van der Waals surface area contributed by atoms with Crippen molar-refractivity contribution >= 4 is 40.5 Å². The number of hydrogen-bond donors (Lipinski definition) is 0. The molecule has 0 atom stereocenters. The van der Waals surface area contributed by atoms with Gasteiger partial charge in [-0.25, -0.2) is 13.9 Å². The van der Waals surface area contributed by atoms with Crippen LogP contribution >= 0.6 is 34.5 Å². The summed E-state index contributed by atoms with van der Waals surface area (Å²) in [6.07, 6.45) is -10.2. The van der Waals surface area contributed by atoms with Crippen LogP contribution in [-0.4, -0.2) is 34.7 Å². The van der Waals surface area contributed by atoms with Crippen molar-refractivity contribution in [2.24, 2.45) is 0 Å². The summed E-state index contributed by atoms with van der Waals surface area (Å²) in [7, 11) is 0. The van der Waals surface area contributed by atoms with Crippen molar-refractivity contribution in [3.05, 3.63) is 56.6 Å². The summed E-state index contributed by atoms with van der Waals surface area (Å²) in [6, 6.07) is 3.55. The minimum absolute atomic E-state index is 0.00102. The second-order valence-electron chi connectivity index (χ2n) is 6.80. The van der Waals surface area contributed by atoms with E-state index in [2.05, 4.69) is 5.10 Å². The van der Waals surface area contributed by atoms with Crippen LogP contribution in [0.2, 0.25) is 10.0 Å². The number of nitrogens with zero attached hydrogens (tertiary/aromatic N) is 3. The molecular formula is C20H10Cl2F7N3O2S. The first-order chi connectivity index (χ1) is 16.2. The van der Waals surface area contributed by atoms with E-state index in [0.29, 0.717) is 10.4 Å². The number of rotatable bonds is 5. The third-order valence-electron chi connectivity index (χ3n) is 4.62. The molecule has 1 aromatic carbocycles. The molecule has 3 aromatic rings. The summed E-state index contributed by atoms with van der Waals surface area (Å²) in [5.74, 6) is -0.732. The molecule has 3 rings (SSSR count). The van der Waals surface area contributed by atoms with Gasteiger partial charge in [0.2, 0.25) is 0 Å². The summed E-state index contributed by atoms with van der Waals surface area (Å²) in [6.45, 7) is 1.65. The first-order valence-corrected chi connectivity index (χ1v) is 10.8. The van der Waals surface area contributed by atoms with Crippen LogP contribution in [0, 0.1) is 11.3 Å². The summed E-state index contributed by atoms with van der Waals surface area (Å²) in [5.41, 5.74) is -7.57. The van der Waals surface area contributed by atoms with Gasteiger partial charge in [0.05, 0.1) is 28.4 Å². The molecule has 0 radical (unpaired) electrons. The molecule has 5 nitrogen and oxygen atoms in total. The SMILES string of the molecule is CCOC(=O)c1cc(-c2cnn(-c3c(Cl)cc(C(F)(C(F)(F)F)C(F)(F)F)cc3Cl)c2)sc1C#N. The van der Waals surface area contributed by atoms with Crippen LogP contribution in [0.4, 0.5) is 30.7 Å². The normalized spacial score (nSPS) is 12.5. The Morgan fingerprint density at radius 3 is 2.17 bits per heavy atom. The van der Waals surface area contributed by atoms with E-state index in [1.807, 2.05) is 6.07 Å². The molecule has 0 N–H and O–H groups in total. The van der Waals surface area contributed by atoms with Gasteiger partial charge < -0.3 is 4.74 Å². The van der Waals surface area contributed by atoms with E-state index < -0.39 is 39.6 Å². The molecular weight excluding hydrogens is 550 g/mol. The van der Waals surface area contributed by atoms with Gasteiger partial charge in [0, 0.05) is 22.2 Å². The van der Waals surface area contributed by atoms with Gasteiger partial charge in [-0.2, -0.15) is 36.7 Å². The topological polar surface area (TPSA) is 67.9 Å². The lowest BCUT2D eigenvalue weighted by Crippen LogP contribution is -2.50. The number of nitriles is 1. The third kappa shape index (κ3) is 4.70. The molecule has 0 unspecified atom stereocenters. The van der Waals surface area contributed by atoms with Gasteiger partial charge in [0.1, 0.15) is 16.6 Å². The Hall–Kier alpha value is -2.82. The van der Waals surface area contributed by atoms with Crippen molar-refractivity contribution in [1.82, 2.24) is 9.78 Å². The van der Waals surface area contributed by atoms with Crippen LogP contribution in [0.25, 0.3) is 16.1 Å². The van der Waals surface area contributed by atoms with Crippen molar-refractivity contribution in [2.75, 3.05) is 6.61 Å². The predicted molar refractivity (Wildman–Crippen MR) is 112 cm³/mol. The van der Waals surface area contributed by atoms with E-state index in [4.69, 9.17) is 27.9 Å². The zero-order chi connectivity index (χ0) is 26.3. The smallest absolute Gasteiger partial charge is 0.435 e. The second kappa shape index (κ2) is 9.33. The zero-order valence-electron chi connectivity index (χ0n) is 17.1. The minimum atomic E-state index is -6.34. The average Bonchev–Trinajstić information content (AvgIpc) is 3.38. The largest absolute Gasteiger partial charge is 0.462 e. The molecule has 186 valence electrons. The van der Waals surface area contributed by atoms with Crippen LogP contribution in [-0.2, 0) is 10.4 Å². The highest BCUT2D eigenvalue weighted by Crippen LogP contribution is 2.54. The molecule has 15 heteroatoms. The summed E-state index contributed by atoms with van der Waals surface area (Å²) >= 11 is 12.7. The van der Waals surface area contributed by atoms with E-state index in [0.717, 1.165) is 16.0 Å². The van der Waals surface area contributed by atoms with Gasteiger partial charge in [0.15, 0.2) is 0 Å². The Morgan fingerprint density at radius 1 is 1.11 bits per heavy atom. The van der Waals surface area contributed by atoms with Gasteiger partial charge in [-0.05, 0) is 25.1 Å². The van der Waals surface area contributed by atoms with E-state index in [-0.39, 0.29) is 34.9 Å². The van der Waals surface area contributed by atoms with E-state index in [9.17, 15) is 40.8 Å². The fraction of sp³-hybridized carbons (Fsp3) is 0.250. The standard InChI is InChI=1S/C20H10Cl2F7N3O2S/c1-2-34-17(33)11-5-14(35-15(11)6-30)9-7-31-32(8-9)16-12(21)3-10(4-13(16)22)18(23,19(24,25)26)20(27,28)29/h3-5,7-8H,2H2,1H3. The Labute approximate surface area is 206 Å². The van der Waals surface area contributed by atoms with Crippen molar-refractivity contribution < 1.29 is 40.3 Å². The van der Waals surface area contributed by atoms with Crippen molar-refractivity contribution in [2.45, 2.75) is 24.9 Å². The summed E-state index contributed by atoms with van der Waals surface area (Å²) in [4.78, 5) is 12.4. The van der Waals surface area contributed by atoms with Gasteiger partial charge in [0.25, 0.3) is 0 Å². The van der Waals surface area contributed by atoms with Gasteiger partial charge in [-0.1, -0.05) is 23.2 Å². The number of carbonyl (C=O) groups is 1. The third-order valence-corrected chi connectivity index (χ3v) is 6.29. The highest BCUT2D eigenvalue weighted by atomic mass is 35.5. The Bertz CT molecular complexity index is 1290. The van der Waals surface area contributed by atoms with E-state index >= 15 is 0 Å². The number of alkyl halides is 7. The number of halogens is 9. The quantitative estimate of drug-likeness (QED) is 0.244. The lowest BCUT2D eigenvalue weighted by atomic mass is 9.94. The monoisotopic (exact) mass is 559 g/mol. The number of ether oxygens (including phenoxy) is 1. The van der Waals surface area contributed by atoms with Crippen LogP contribution in [0.3, 0.4) is 0 Å². The van der Waals surface area contributed by atoms with Gasteiger partial charge in [-0.15, -0.1) is 11.3 Å². The maximum atomic E-state index is 14.4. The first kappa shape index (κ1) is 26.8. The molecule has 2 heterocycles. The molecule has 0 fully saturated rings. The molecule has 0 aliphatic heterocycles. The van der Waals surface area contributed by atoms with Crippen molar-refractivity contribution in [3.8, 4) is 22.2 Å². The molecule has 0 bridgehead atoms. The molecule has 0 aliphatic carbocycles. The fourth-order valence-electron chi connectivity index (χ4n) is 3.02. The molecule has 0 aliphatic rings. The average molecular weight is 560 g/mol. The fourth-order valence-corrected chi connectivity index (χ4v) is 4.60. The van der Waals surface area contributed by atoms with Gasteiger partial charge >= 0.3 is 24.0 Å². The first-order valence-electron chi connectivity index (χ1n) is 9.24. The Kier molecular flexibility index (Phi) is 7.14. The predicted octanol–water partition coefficient (Wildman–Crippen LogP) is 7.25. The number of aromatic nitrogens is 2. The summed E-state index contributed by atoms with van der Waals surface area (Å²) in [5, 5.41) is 11.7. The number of hydrogen-bond acceptors (Lipinski definition) is 5. The Balaban J connectivity index is 2.07. The molecule has 2 aromatic heterocycles. The zero-order valence-corrected chi connectivity index (χ0v) is 19.4. The van der Waals surface area contributed by atoms with Gasteiger partial charge in [-0.3, -0.25) is 0 Å². The number of thiophene rings is 1. The molecule has 35 heavy (non-hydrogen) atoms. The minimum Gasteiger partial charge on any atom is -0.462 e. The number of carbonyl (C=O) groups excluding carboxylic acids is 1. The molecule has 0 spiro atoms. The second-order valence-corrected chi connectivity index (χ2v) is 8.67. The highest BCUT2D eigenvalue weighted by Gasteiger charge is 2.73. The molecule has 0 saturated carbocycles. The van der Waals surface area contributed by atoms with Crippen LogP contribution in [0.15, 0.2) is 30.6 Å². The Morgan fingerprint density at radius 2 is 1.69 bits per heavy atom. The van der Waals surface area contributed by atoms with Crippen LogP contribution in [0.1, 0.15) is 27.7 Å². The van der Waals surface area contributed by atoms with E-state index in [1.54, 1.807) is 6.92 Å². The maximum absolute atomic E-state index is 14.4. The molecule has 0 saturated heterocycles.